The number of benzene rings is 1. The Morgan fingerprint density at radius 2 is 1.83 bits per heavy atom. The van der Waals surface area contributed by atoms with Crippen LogP contribution in [0.3, 0.4) is 0 Å². The molecule has 1 aromatic rings. The van der Waals surface area contributed by atoms with Crippen LogP contribution in [0.5, 0.6) is 5.75 Å². The molecular formula is C16H13BrFNO5. The van der Waals surface area contributed by atoms with Crippen LogP contribution < -0.4 is 4.90 Å². The van der Waals surface area contributed by atoms with Crippen LogP contribution in [0.1, 0.15) is 0 Å². The summed E-state index contributed by atoms with van der Waals surface area (Å²) in [5, 5.41) is 10.2. The zero-order chi connectivity index (χ0) is 17.9. The SMILES string of the molecule is COC(=O)C1=C(C(=O)OC)N(c2c(F)ccc(Br)c2O)C=CC=C1. The maximum absolute atomic E-state index is 14.3. The lowest BCUT2D eigenvalue weighted by Crippen LogP contribution is -2.27. The summed E-state index contributed by atoms with van der Waals surface area (Å²) >= 11 is 3.09. The van der Waals surface area contributed by atoms with Crippen LogP contribution in [-0.2, 0) is 19.1 Å². The normalized spacial score (nSPS) is 13.8. The molecule has 0 fully saturated rings. The fourth-order valence-electron chi connectivity index (χ4n) is 2.10. The number of nitrogens with zero attached hydrogens (tertiary/aromatic N) is 1. The van der Waals surface area contributed by atoms with Crippen LogP contribution in [-0.4, -0.2) is 31.3 Å². The molecule has 0 aliphatic carbocycles. The molecule has 1 aliphatic rings. The lowest BCUT2D eigenvalue weighted by atomic mass is 10.1. The second-order valence-corrected chi connectivity index (χ2v) is 5.40. The van der Waals surface area contributed by atoms with E-state index in [0.717, 1.165) is 25.2 Å². The van der Waals surface area contributed by atoms with Gasteiger partial charge in [-0.05, 0) is 40.2 Å². The van der Waals surface area contributed by atoms with Crippen molar-refractivity contribution in [3.8, 4) is 5.75 Å². The highest BCUT2D eigenvalue weighted by Crippen LogP contribution is 2.40. The standard InChI is InChI=1S/C16H13BrFNO5/c1-23-15(21)9-5-3-4-8-19(12(9)16(22)24-2)13-11(18)7-6-10(17)14(13)20/h3-8,20H,1-2H3. The first kappa shape index (κ1) is 17.7. The maximum atomic E-state index is 14.3. The van der Waals surface area contributed by atoms with Gasteiger partial charge in [-0.3, -0.25) is 0 Å². The topological polar surface area (TPSA) is 76.1 Å². The van der Waals surface area contributed by atoms with Crippen LogP contribution in [0.15, 0.2) is 52.3 Å². The summed E-state index contributed by atoms with van der Waals surface area (Å²) < 4.78 is 23.9. The molecule has 24 heavy (non-hydrogen) atoms. The minimum absolute atomic E-state index is 0.145. The number of esters is 2. The van der Waals surface area contributed by atoms with Crippen molar-refractivity contribution in [2.75, 3.05) is 19.1 Å². The smallest absolute Gasteiger partial charge is 0.355 e. The number of phenolic OH excluding ortho intramolecular Hbond substituents is 1. The predicted molar refractivity (Wildman–Crippen MR) is 87.6 cm³/mol. The summed E-state index contributed by atoms with van der Waals surface area (Å²) in [5.41, 5.74) is -0.749. The molecule has 126 valence electrons. The molecule has 0 radical (unpaired) electrons. The number of hydrogen-bond acceptors (Lipinski definition) is 6. The molecule has 0 saturated heterocycles. The average molecular weight is 398 g/mol. The van der Waals surface area contributed by atoms with Crippen molar-refractivity contribution < 1.29 is 28.6 Å². The number of carbonyl (C=O) groups excluding carboxylic acids is 2. The number of phenols is 1. The monoisotopic (exact) mass is 397 g/mol. The van der Waals surface area contributed by atoms with Crippen LogP contribution >= 0.6 is 15.9 Å². The largest absolute Gasteiger partial charge is 0.505 e. The van der Waals surface area contributed by atoms with Crippen molar-refractivity contribution in [3.05, 3.63) is 58.1 Å². The summed E-state index contributed by atoms with van der Waals surface area (Å²) in [6.07, 6.45) is 5.60. The Balaban J connectivity index is 2.78. The van der Waals surface area contributed by atoms with E-state index in [1.54, 1.807) is 0 Å². The lowest BCUT2D eigenvalue weighted by molar-refractivity contribution is -0.139. The van der Waals surface area contributed by atoms with E-state index in [0.29, 0.717) is 0 Å². The van der Waals surface area contributed by atoms with Gasteiger partial charge in [-0.15, -0.1) is 0 Å². The van der Waals surface area contributed by atoms with Crippen LogP contribution in [0, 0.1) is 5.82 Å². The molecule has 0 aromatic heterocycles. The van der Waals surface area contributed by atoms with Crippen molar-refractivity contribution in [3.63, 3.8) is 0 Å². The molecule has 1 heterocycles. The molecule has 0 amide bonds. The van der Waals surface area contributed by atoms with Crippen molar-refractivity contribution in [2.24, 2.45) is 0 Å². The second-order valence-electron chi connectivity index (χ2n) is 4.54. The third-order valence-corrected chi connectivity index (χ3v) is 3.82. The van der Waals surface area contributed by atoms with Crippen LogP contribution in [0.2, 0.25) is 0 Å². The van der Waals surface area contributed by atoms with E-state index < -0.39 is 23.5 Å². The molecule has 0 saturated carbocycles. The Morgan fingerprint density at radius 3 is 2.46 bits per heavy atom. The van der Waals surface area contributed by atoms with Crippen LogP contribution in [0.25, 0.3) is 0 Å². The van der Waals surface area contributed by atoms with E-state index in [1.165, 1.54) is 30.5 Å². The van der Waals surface area contributed by atoms with E-state index in [9.17, 15) is 19.1 Å². The number of halogens is 2. The Morgan fingerprint density at radius 1 is 1.17 bits per heavy atom. The minimum atomic E-state index is -0.898. The van der Waals surface area contributed by atoms with Gasteiger partial charge >= 0.3 is 11.9 Å². The Kier molecular flexibility index (Phi) is 5.40. The van der Waals surface area contributed by atoms with E-state index in [-0.39, 0.29) is 21.4 Å². The molecule has 0 unspecified atom stereocenters. The number of aromatic hydroxyl groups is 1. The summed E-state index contributed by atoms with van der Waals surface area (Å²) in [4.78, 5) is 25.3. The summed E-state index contributed by atoms with van der Waals surface area (Å²) in [5.74, 6) is -2.94. The molecule has 0 spiro atoms. The number of hydrogen-bond donors (Lipinski definition) is 1. The highest BCUT2D eigenvalue weighted by atomic mass is 79.9. The van der Waals surface area contributed by atoms with Crippen molar-refractivity contribution >= 4 is 33.6 Å². The quantitative estimate of drug-likeness (QED) is 0.790. The zero-order valence-electron chi connectivity index (χ0n) is 12.7. The Bertz CT molecular complexity index is 785. The molecule has 6 nitrogen and oxygen atoms in total. The van der Waals surface area contributed by atoms with Crippen molar-refractivity contribution in [1.82, 2.24) is 0 Å². The van der Waals surface area contributed by atoms with Gasteiger partial charge in [0.05, 0.1) is 24.3 Å². The molecule has 0 bridgehead atoms. The molecular weight excluding hydrogens is 385 g/mol. The molecule has 1 aliphatic heterocycles. The van der Waals surface area contributed by atoms with Gasteiger partial charge in [0.15, 0.2) is 11.6 Å². The molecule has 1 aromatic carbocycles. The van der Waals surface area contributed by atoms with Gasteiger partial charge in [-0.2, -0.15) is 0 Å². The first-order valence-electron chi connectivity index (χ1n) is 6.64. The molecule has 1 N–H and O–H groups in total. The fourth-order valence-corrected chi connectivity index (χ4v) is 2.42. The summed E-state index contributed by atoms with van der Waals surface area (Å²) in [6.45, 7) is 0. The number of allylic oxidation sites excluding steroid dienone is 2. The highest BCUT2D eigenvalue weighted by molar-refractivity contribution is 9.10. The highest BCUT2D eigenvalue weighted by Gasteiger charge is 2.30. The van der Waals surface area contributed by atoms with Gasteiger partial charge in [0.2, 0.25) is 0 Å². The first-order valence-corrected chi connectivity index (χ1v) is 7.43. The number of carbonyl (C=O) groups is 2. The number of rotatable bonds is 3. The molecule has 2 rings (SSSR count). The summed E-state index contributed by atoms with van der Waals surface area (Å²) in [7, 11) is 2.27. The van der Waals surface area contributed by atoms with E-state index >= 15 is 0 Å². The Labute approximate surface area is 145 Å². The van der Waals surface area contributed by atoms with Gasteiger partial charge in [-0.25, -0.2) is 14.0 Å². The van der Waals surface area contributed by atoms with Gasteiger partial charge in [-0.1, -0.05) is 6.08 Å². The third-order valence-electron chi connectivity index (χ3n) is 3.18. The lowest BCUT2D eigenvalue weighted by Gasteiger charge is -2.24. The third kappa shape index (κ3) is 3.18. The minimum Gasteiger partial charge on any atom is -0.505 e. The van der Waals surface area contributed by atoms with E-state index in [1.807, 2.05) is 0 Å². The van der Waals surface area contributed by atoms with Crippen molar-refractivity contribution in [2.45, 2.75) is 0 Å². The predicted octanol–water partition coefficient (Wildman–Crippen LogP) is 2.78. The average Bonchev–Trinajstić information content (AvgIpc) is 2.80. The van der Waals surface area contributed by atoms with Gasteiger partial charge in [0.1, 0.15) is 11.4 Å². The van der Waals surface area contributed by atoms with Crippen LogP contribution in [0.4, 0.5) is 10.1 Å². The number of anilines is 1. The molecule has 0 atom stereocenters. The fraction of sp³-hybridized carbons (Fsp3) is 0.125. The van der Waals surface area contributed by atoms with E-state index in [2.05, 4.69) is 20.7 Å². The molecule has 8 heteroatoms. The van der Waals surface area contributed by atoms with Crippen molar-refractivity contribution in [1.29, 1.82) is 0 Å². The summed E-state index contributed by atoms with van der Waals surface area (Å²) in [6, 6.07) is 2.43. The van der Waals surface area contributed by atoms with Gasteiger partial charge in [0, 0.05) is 6.20 Å². The van der Waals surface area contributed by atoms with Gasteiger partial charge in [0.25, 0.3) is 0 Å². The zero-order valence-corrected chi connectivity index (χ0v) is 14.3. The van der Waals surface area contributed by atoms with Gasteiger partial charge < -0.3 is 19.5 Å². The first-order chi connectivity index (χ1) is 11.4. The Hall–Kier alpha value is -2.61. The maximum Gasteiger partial charge on any atom is 0.355 e. The number of methoxy groups -OCH3 is 2. The number of ether oxygens (including phenoxy) is 2. The second kappa shape index (κ2) is 7.31. The van der Waals surface area contributed by atoms with E-state index in [4.69, 9.17) is 4.74 Å².